The van der Waals surface area contributed by atoms with Crippen molar-refractivity contribution < 1.29 is 9.90 Å². The van der Waals surface area contributed by atoms with Gasteiger partial charge in [-0.1, -0.05) is 27.2 Å². The minimum atomic E-state index is -0.702. The van der Waals surface area contributed by atoms with Crippen molar-refractivity contribution in [3.8, 4) is 0 Å². The first-order chi connectivity index (χ1) is 7.06. The Morgan fingerprint density at radius 1 is 1.33 bits per heavy atom. The molecule has 15 heavy (non-hydrogen) atoms. The van der Waals surface area contributed by atoms with Gasteiger partial charge in [-0.2, -0.15) is 0 Å². The Balaban J connectivity index is 4.34. The molecule has 0 aliphatic carbocycles. The van der Waals surface area contributed by atoms with Gasteiger partial charge in [0.05, 0.1) is 6.42 Å². The second-order valence-electron chi connectivity index (χ2n) is 4.13. The molecule has 0 aromatic carbocycles. The highest BCUT2D eigenvalue weighted by atomic mass is 16.4. The van der Waals surface area contributed by atoms with Crippen LogP contribution in [0.4, 0.5) is 0 Å². The fourth-order valence-corrected chi connectivity index (χ4v) is 2.24. The molecule has 0 saturated carbocycles. The molecule has 2 atom stereocenters. The van der Waals surface area contributed by atoms with Crippen molar-refractivity contribution in [2.75, 3.05) is 6.54 Å². The van der Waals surface area contributed by atoms with Crippen LogP contribution in [-0.4, -0.2) is 34.6 Å². The zero-order valence-corrected chi connectivity index (χ0v) is 10.5. The highest BCUT2D eigenvalue weighted by molar-refractivity contribution is 5.67. The predicted octanol–water partition coefficient (Wildman–Crippen LogP) is 2.75. The van der Waals surface area contributed by atoms with Crippen molar-refractivity contribution in [2.45, 2.75) is 65.5 Å². The molecule has 2 unspecified atom stereocenters. The molecular weight excluding hydrogens is 190 g/mol. The Morgan fingerprint density at radius 2 is 1.93 bits per heavy atom. The molecule has 0 aromatic rings. The van der Waals surface area contributed by atoms with E-state index in [-0.39, 0.29) is 12.5 Å². The van der Waals surface area contributed by atoms with Crippen molar-refractivity contribution in [1.82, 2.24) is 4.90 Å². The number of aliphatic carboxylic acids is 1. The fraction of sp³-hybridized carbons (Fsp3) is 0.917. The van der Waals surface area contributed by atoms with Crippen LogP contribution in [0.15, 0.2) is 0 Å². The molecule has 0 bridgehead atoms. The summed E-state index contributed by atoms with van der Waals surface area (Å²) in [4.78, 5) is 13.0. The van der Waals surface area contributed by atoms with Gasteiger partial charge in [-0.15, -0.1) is 0 Å². The third-order valence-electron chi connectivity index (χ3n) is 2.96. The van der Waals surface area contributed by atoms with E-state index in [0.29, 0.717) is 6.04 Å². The van der Waals surface area contributed by atoms with Crippen LogP contribution < -0.4 is 0 Å². The summed E-state index contributed by atoms with van der Waals surface area (Å²) in [5.74, 6) is -0.702. The Kier molecular flexibility index (Phi) is 7.39. The van der Waals surface area contributed by atoms with Gasteiger partial charge in [-0.05, 0) is 26.3 Å². The standard InChI is InChI=1S/C12H25NO2/c1-5-8-11(6-2)13(7-3)10(4)9-12(14)15/h10-11H,5-9H2,1-4H3,(H,14,15). The van der Waals surface area contributed by atoms with Crippen LogP contribution in [0.25, 0.3) is 0 Å². The van der Waals surface area contributed by atoms with E-state index in [1.165, 1.54) is 0 Å². The smallest absolute Gasteiger partial charge is 0.304 e. The Morgan fingerprint density at radius 3 is 2.27 bits per heavy atom. The van der Waals surface area contributed by atoms with E-state index in [0.717, 1.165) is 25.8 Å². The van der Waals surface area contributed by atoms with E-state index in [9.17, 15) is 4.79 Å². The summed E-state index contributed by atoms with van der Waals surface area (Å²) >= 11 is 0. The highest BCUT2D eigenvalue weighted by Gasteiger charge is 2.21. The summed E-state index contributed by atoms with van der Waals surface area (Å²) in [6.45, 7) is 9.41. The molecule has 0 aliphatic rings. The van der Waals surface area contributed by atoms with Gasteiger partial charge in [0.2, 0.25) is 0 Å². The monoisotopic (exact) mass is 215 g/mol. The van der Waals surface area contributed by atoms with Gasteiger partial charge in [-0.3, -0.25) is 9.69 Å². The van der Waals surface area contributed by atoms with Crippen LogP contribution >= 0.6 is 0 Å². The lowest BCUT2D eigenvalue weighted by atomic mass is 10.0. The number of carboxylic acids is 1. The maximum absolute atomic E-state index is 10.7. The van der Waals surface area contributed by atoms with E-state index in [4.69, 9.17) is 5.11 Å². The molecule has 0 rings (SSSR count). The SMILES string of the molecule is CCCC(CC)N(CC)C(C)CC(=O)O. The average Bonchev–Trinajstić information content (AvgIpc) is 2.16. The number of carboxylic acid groups (broad SMARTS) is 1. The minimum absolute atomic E-state index is 0.143. The molecule has 3 nitrogen and oxygen atoms in total. The Bertz CT molecular complexity index is 182. The molecule has 0 heterocycles. The van der Waals surface area contributed by atoms with Crippen LogP contribution in [0.2, 0.25) is 0 Å². The van der Waals surface area contributed by atoms with Crippen LogP contribution in [0, 0.1) is 0 Å². The number of hydrogen-bond donors (Lipinski definition) is 1. The summed E-state index contributed by atoms with van der Waals surface area (Å²) in [6, 6.07) is 0.679. The molecule has 1 N–H and O–H groups in total. The molecule has 0 saturated heterocycles. The first-order valence-corrected chi connectivity index (χ1v) is 6.04. The zero-order valence-electron chi connectivity index (χ0n) is 10.5. The molecule has 0 spiro atoms. The third-order valence-corrected chi connectivity index (χ3v) is 2.96. The summed E-state index contributed by atoms with van der Waals surface area (Å²) in [5, 5.41) is 8.79. The van der Waals surface area contributed by atoms with Gasteiger partial charge in [-0.25, -0.2) is 0 Å². The molecule has 0 aromatic heterocycles. The highest BCUT2D eigenvalue weighted by Crippen LogP contribution is 2.16. The lowest BCUT2D eigenvalue weighted by Gasteiger charge is -2.34. The maximum atomic E-state index is 10.7. The number of nitrogens with zero attached hydrogens (tertiary/aromatic N) is 1. The Labute approximate surface area is 93.5 Å². The van der Waals surface area contributed by atoms with Crippen LogP contribution in [0.3, 0.4) is 0 Å². The van der Waals surface area contributed by atoms with Crippen LogP contribution in [0.1, 0.15) is 53.4 Å². The first-order valence-electron chi connectivity index (χ1n) is 6.04. The molecule has 0 radical (unpaired) electrons. The summed E-state index contributed by atoms with van der Waals surface area (Å²) in [5.41, 5.74) is 0. The van der Waals surface area contributed by atoms with Crippen LogP contribution in [0.5, 0.6) is 0 Å². The summed E-state index contributed by atoms with van der Waals surface area (Å²) in [6.07, 6.45) is 3.67. The second kappa shape index (κ2) is 7.69. The largest absolute Gasteiger partial charge is 0.481 e. The second-order valence-corrected chi connectivity index (χ2v) is 4.13. The number of hydrogen-bond acceptors (Lipinski definition) is 2. The van der Waals surface area contributed by atoms with E-state index in [2.05, 4.69) is 25.7 Å². The summed E-state index contributed by atoms with van der Waals surface area (Å²) < 4.78 is 0. The molecule has 90 valence electrons. The third kappa shape index (κ3) is 5.17. The fourth-order valence-electron chi connectivity index (χ4n) is 2.24. The van der Waals surface area contributed by atoms with Gasteiger partial charge < -0.3 is 5.11 Å². The molecule has 3 heteroatoms. The van der Waals surface area contributed by atoms with Gasteiger partial charge in [0.25, 0.3) is 0 Å². The van der Waals surface area contributed by atoms with Crippen molar-refractivity contribution in [2.24, 2.45) is 0 Å². The van der Waals surface area contributed by atoms with E-state index >= 15 is 0 Å². The topological polar surface area (TPSA) is 40.5 Å². The van der Waals surface area contributed by atoms with Crippen molar-refractivity contribution >= 4 is 5.97 Å². The number of rotatable bonds is 8. The molecule has 0 fully saturated rings. The molecule has 0 aliphatic heterocycles. The molecule has 0 amide bonds. The van der Waals surface area contributed by atoms with Crippen molar-refractivity contribution in [1.29, 1.82) is 0 Å². The molecular formula is C12H25NO2. The van der Waals surface area contributed by atoms with E-state index in [1.54, 1.807) is 0 Å². The van der Waals surface area contributed by atoms with Crippen molar-refractivity contribution in [3.63, 3.8) is 0 Å². The summed E-state index contributed by atoms with van der Waals surface area (Å²) in [7, 11) is 0. The normalized spacial score (nSPS) is 15.3. The van der Waals surface area contributed by atoms with E-state index in [1.807, 2.05) is 6.92 Å². The van der Waals surface area contributed by atoms with Gasteiger partial charge in [0, 0.05) is 12.1 Å². The minimum Gasteiger partial charge on any atom is -0.481 e. The first kappa shape index (κ1) is 14.4. The Hall–Kier alpha value is -0.570. The number of carbonyl (C=O) groups is 1. The van der Waals surface area contributed by atoms with E-state index < -0.39 is 5.97 Å². The lowest BCUT2D eigenvalue weighted by Crippen LogP contribution is -2.42. The van der Waals surface area contributed by atoms with Gasteiger partial charge in [0.15, 0.2) is 0 Å². The zero-order chi connectivity index (χ0) is 11.8. The van der Waals surface area contributed by atoms with Gasteiger partial charge in [0.1, 0.15) is 0 Å². The lowest BCUT2D eigenvalue weighted by molar-refractivity contribution is -0.138. The average molecular weight is 215 g/mol. The quantitative estimate of drug-likeness (QED) is 0.677. The van der Waals surface area contributed by atoms with Crippen molar-refractivity contribution in [3.05, 3.63) is 0 Å². The maximum Gasteiger partial charge on any atom is 0.304 e. The van der Waals surface area contributed by atoms with Gasteiger partial charge >= 0.3 is 5.97 Å². The predicted molar refractivity (Wildman–Crippen MR) is 63.1 cm³/mol. The van der Waals surface area contributed by atoms with Crippen LogP contribution in [-0.2, 0) is 4.79 Å².